The van der Waals surface area contributed by atoms with Crippen molar-refractivity contribution in [2.24, 2.45) is 0 Å². The van der Waals surface area contributed by atoms with Crippen LogP contribution in [0.5, 0.6) is 0 Å². The lowest BCUT2D eigenvalue weighted by atomic mass is 10.0. The second kappa shape index (κ2) is 77.8. The number of nitrogens with one attached hydrogen (secondary N) is 1. The van der Waals surface area contributed by atoms with Crippen molar-refractivity contribution in [1.29, 1.82) is 0 Å². The van der Waals surface area contributed by atoms with E-state index in [2.05, 4.69) is 43.5 Å². The lowest BCUT2D eigenvalue weighted by Crippen LogP contribution is -2.45. The molecule has 0 aliphatic heterocycles. The monoisotopic (exact) mass is 1240 g/mol. The second-order valence-corrected chi connectivity index (χ2v) is 28.1. The predicted octanol–water partition coefficient (Wildman–Crippen LogP) is 26.8. The average Bonchev–Trinajstić information content (AvgIpc) is 3.58. The first kappa shape index (κ1) is 86.3. The number of esters is 1. The molecule has 2 unspecified atom stereocenters. The number of aliphatic hydroxyl groups is 2. The van der Waals surface area contributed by atoms with Gasteiger partial charge in [-0.2, -0.15) is 0 Å². The molecule has 0 aromatic rings. The standard InChI is InChI=1S/C82H159NO5/c1-3-5-7-9-11-13-15-17-19-20-44-47-50-54-58-62-66-70-74-80(85)79(78-84)83-81(86)75-71-67-63-59-55-51-48-45-42-40-38-36-34-32-30-28-26-24-22-21-23-25-27-29-31-33-35-37-39-41-43-46-49-53-57-61-65-69-73-77-88-82(87)76-72-68-64-60-56-52-18-16-14-12-10-8-6-4-2/h16,18,21-22,79-80,84-85H,3-15,17,19-20,23-78H2,1-2H3,(H,83,86)/b18-16-,22-21-. The van der Waals surface area contributed by atoms with Crippen LogP contribution in [0.3, 0.4) is 0 Å². The number of amides is 1. The minimum atomic E-state index is -0.661. The Hall–Kier alpha value is -1.66. The van der Waals surface area contributed by atoms with Crippen molar-refractivity contribution < 1.29 is 24.5 Å². The maximum Gasteiger partial charge on any atom is 0.305 e. The first-order valence-corrected chi connectivity index (χ1v) is 40.6. The molecule has 0 heterocycles. The van der Waals surface area contributed by atoms with Crippen molar-refractivity contribution in [3.63, 3.8) is 0 Å². The van der Waals surface area contributed by atoms with Crippen LogP contribution in [-0.2, 0) is 14.3 Å². The number of unbranched alkanes of at least 4 members (excludes halogenated alkanes) is 62. The summed E-state index contributed by atoms with van der Waals surface area (Å²) in [5.74, 6) is -0.0112. The van der Waals surface area contributed by atoms with E-state index in [4.69, 9.17) is 4.74 Å². The van der Waals surface area contributed by atoms with Crippen molar-refractivity contribution in [1.82, 2.24) is 5.32 Å². The Morgan fingerprint density at radius 3 is 0.807 bits per heavy atom. The smallest absolute Gasteiger partial charge is 0.305 e. The number of hydrogen-bond acceptors (Lipinski definition) is 5. The highest BCUT2D eigenvalue weighted by Gasteiger charge is 2.20. The SMILES string of the molecule is CCCCCCC/C=C\CCCCCCCC(=O)OCCCCCCCCCCCCCCCCCCCC/C=C\CCCCCCCCCCCCCCCCCCCC(=O)NC(CO)C(O)CCCCCCCCCCCCCCCCCCCC. The quantitative estimate of drug-likeness (QED) is 0.0320. The van der Waals surface area contributed by atoms with Crippen LogP contribution < -0.4 is 5.32 Å². The number of allylic oxidation sites excluding steroid dienone is 4. The van der Waals surface area contributed by atoms with E-state index in [1.54, 1.807) is 0 Å². The van der Waals surface area contributed by atoms with Crippen LogP contribution in [0.15, 0.2) is 24.3 Å². The third-order valence-corrected chi connectivity index (χ3v) is 19.2. The van der Waals surface area contributed by atoms with E-state index >= 15 is 0 Å². The number of carbonyl (C=O) groups is 2. The molecule has 6 heteroatoms. The summed E-state index contributed by atoms with van der Waals surface area (Å²) < 4.78 is 5.49. The van der Waals surface area contributed by atoms with Crippen LogP contribution in [0.2, 0.25) is 0 Å². The Balaban J connectivity index is 3.32. The van der Waals surface area contributed by atoms with Crippen LogP contribution in [0.25, 0.3) is 0 Å². The van der Waals surface area contributed by atoms with Crippen LogP contribution in [0.4, 0.5) is 0 Å². The summed E-state index contributed by atoms with van der Waals surface area (Å²) in [6.07, 6.45) is 100. The van der Waals surface area contributed by atoms with Gasteiger partial charge in [-0.05, 0) is 77.0 Å². The Bertz CT molecular complexity index is 1380. The minimum Gasteiger partial charge on any atom is -0.466 e. The molecule has 0 aliphatic carbocycles. The largest absolute Gasteiger partial charge is 0.466 e. The zero-order valence-electron chi connectivity index (χ0n) is 60.0. The molecule has 0 saturated heterocycles. The first-order valence-electron chi connectivity index (χ1n) is 40.6. The van der Waals surface area contributed by atoms with Crippen molar-refractivity contribution >= 4 is 11.9 Å². The zero-order chi connectivity index (χ0) is 63.5. The van der Waals surface area contributed by atoms with Crippen LogP contribution >= 0.6 is 0 Å². The molecule has 0 bridgehead atoms. The fourth-order valence-corrected chi connectivity index (χ4v) is 13.0. The predicted molar refractivity (Wildman–Crippen MR) is 389 cm³/mol. The maximum atomic E-state index is 12.5. The molecule has 0 fully saturated rings. The summed E-state index contributed by atoms with van der Waals surface area (Å²) >= 11 is 0. The third-order valence-electron chi connectivity index (χ3n) is 19.2. The Morgan fingerprint density at radius 2 is 0.534 bits per heavy atom. The summed E-state index contributed by atoms with van der Waals surface area (Å²) in [7, 11) is 0. The minimum absolute atomic E-state index is 0.0147. The number of ether oxygens (including phenoxy) is 1. The van der Waals surface area contributed by atoms with Gasteiger partial charge in [0.15, 0.2) is 0 Å². The van der Waals surface area contributed by atoms with Gasteiger partial charge in [0.05, 0.1) is 25.4 Å². The molecule has 0 radical (unpaired) electrons. The molecule has 88 heavy (non-hydrogen) atoms. The topological polar surface area (TPSA) is 95.9 Å². The number of hydrogen-bond donors (Lipinski definition) is 3. The molecule has 0 aromatic carbocycles. The van der Waals surface area contributed by atoms with Crippen LogP contribution in [0.1, 0.15) is 463 Å². The lowest BCUT2D eigenvalue weighted by Gasteiger charge is -2.22. The molecule has 0 rings (SSSR count). The fraction of sp³-hybridized carbons (Fsp3) is 0.927. The Morgan fingerprint density at radius 1 is 0.307 bits per heavy atom. The van der Waals surface area contributed by atoms with Gasteiger partial charge in [0.2, 0.25) is 5.91 Å². The molecule has 0 aromatic heterocycles. The van der Waals surface area contributed by atoms with Crippen molar-refractivity contribution in [2.45, 2.75) is 475 Å². The van der Waals surface area contributed by atoms with Gasteiger partial charge in [-0.25, -0.2) is 0 Å². The van der Waals surface area contributed by atoms with Crippen molar-refractivity contribution in [2.75, 3.05) is 13.2 Å². The molecule has 6 nitrogen and oxygen atoms in total. The molecule has 1 amide bonds. The van der Waals surface area contributed by atoms with E-state index in [0.29, 0.717) is 25.9 Å². The summed E-state index contributed by atoms with van der Waals surface area (Å²) in [6.45, 7) is 4.99. The fourth-order valence-electron chi connectivity index (χ4n) is 13.0. The lowest BCUT2D eigenvalue weighted by molar-refractivity contribution is -0.143. The highest BCUT2D eigenvalue weighted by Crippen LogP contribution is 2.20. The summed E-state index contributed by atoms with van der Waals surface area (Å²) in [5.41, 5.74) is 0. The van der Waals surface area contributed by atoms with Gasteiger partial charge in [-0.15, -0.1) is 0 Å². The number of carbonyl (C=O) groups excluding carboxylic acids is 2. The molecule has 0 spiro atoms. The van der Waals surface area contributed by atoms with E-state index in [-0.39, 0.29) is 18.5 Å². The Kier molecular flexibility index (Phi) is 76.3. The normalized spacial score (nSPS) is 12.5. The number of aliphatic hydroxyl groups excluding tert-OH is 2. The molecule has 0 saturated carbocycles. The first-order chi connectivity index (χ1) is 43.5. The molecule has 2 atom stereocenters. The summed E-state index contributed by atoms with van der Waals surface area (Å²) in [4.78, 5) is 24.6. The van der Waals surface area contributed by atoms with E-state index < -0.39 is 12.1 Å². The highest BCUT2D eigenvalue weighted by atomic mass is 16.5. The van der Waals surface area contributed by atoms with Gasteiger partial charge < -0.3 is 20.3 Å². The van der Waals surface area contributed by atoms with Crippen LogP contribution in [-0.4, -0.2) is 47.4 Å². The van der Waals surface area contributed by atoms with Crippen molar-refractivity contribution in [3.8, 4) is 0 Å². The third kappa shape index (κ3) is 73.4. The van der Waals surface area contributed by atoms with Gasteiger partial charge >= 0.3 is 5.97 Å². The molecular weight excluding hydrogens is 1080 g/mol. The molecular formula is C82H159NO5. The Labute approximate surface area is 551 Å². The average molecular weight is 1240 g/mol. The number of rotatable bonds is 77. The van der Waals surface area contributed by atoms with Gasteiger partial charge in [-0.1, -0.05) is 398 Å². The summed E-state index contributed by atoms with van der Waals surface area (Å²) in [5, 5.41) is 23.4. The van der Waals surface area contributed by atoms with Gasteiger partial charge in [0.25, 0.3) is 0 Å². The van der Waals surface area contributed by atoms with Gasteiger partial charge in [0.1, 0.15) is 0 Å². The second-order valence-electron chi connectivity index (χ2n) is 28.1. The highest BCUT2D eigenvalue weighted by molar-refractivity contribution is 5.76. The van der Waals surface area contributed by atoms with Gasteiger partial charge in [-0.3, -0.25) is 9.59 Å². The molecule has 3 N–H and O–H groups in total. The van der Waals surface area contributed by atoms with E-state index in [0.717, 1.165) is 44.9 Å². The molecule has 0 aliphatic rings. The van der Waals surface area contributed by atoms with Crippen LogP contribution in [0, 0.1) is 0 Å². The van der Waals surface area contributed by atoms with Gasteiger partial charge in [0, 0.05) is 12.8 Å². The van der Waals surface area contributed by atoms with E-state index in [9.17, 15) is 19.8 Å². The van der Waals surface area contributed by atoms with E-state index in [1.807, 2.05) is 0 Å². The van der Waals surface area contributed by atoms with Crippen molar-refractivity contribution in [3.05, 3.63) is 24.3 Å². The molecule has 522 valence electrons. The van der Waals surface area contributed by atoms with E-state index in [1.165, 1.54) is 385 Å². The maximum absolute atomic E-state index is 12.5. The zero-order valence-corrected chi connectivity index (χ0v) is 60.0. The summed E-state index contributed by atoms with van der Waals surface area (Å²) in [6, 6.07) is -0.538.